The van der Waals surface area contributed by atoms with Gasteiger partial charge in [-0.2, -0.15) is 0 Å². The van der Waals surface area contributed by atoms with Gasteiger partial charge in [-0.25, -0.2) is 0 Å². The zero-order chi connectivity index (χ0) is 9.52. The van der Waals surface area contributed by atoms with Crippen LogP contribution in [-0.4, -0.2) is 38.7 Å². The third-order valence-corrected chi connectivity index (χ3v) is 4.10. The largest absolute Gasteiger partial charge is 0.396 e. The maximum atomic E-state index is 8.61. The second-order valence-electron chi connectivity index (χ2n) is 2.03. The maximum Gasteiger partial charge on any atom is 0.177 e. The molecule has 13 heavy (non-hydrogen) atoms. The van der Waals surface area contributed by atoms with Crippen molar-refractivity contribution < 1.29 is 10.2 Å². The predicted molar refractivity (Wildman–Crippen MR) is 55.3 cm³/mol. The molecular formula is C6H10N2O2S3. The summed E-state index contributed by atoms with van der Waals surface area (Å²) in [6.45, 7) is 0.212. The molecule has 74 valence electrons. The Labute approximate surface area is 88.8 Å². The minimum atomic E-state index is 0.0376. The van der Waals surface area contributed by atoms with Gasteiger partial charge in [0.25, 0.3) is 0 Å². The molecule has 0 saturated heterocycles. The average Bonchev–Trinajstić information content (AvgIpc) is 2.54. The lowest BCUT2D eigenvalue weighted by atomic mass is 10.5. The lowest BCUT2D eigenvalue weighted by Gasteiger charge is -1.91. The third-order valence-electron chi connectivity index (χ3n) is 1.10. The number of aliphatic hydroxyl groups excluding tert-OH is 2. The Kier molecular flexibility index (Phi) is 5.72. The van der Waals surface area contributed by atoms with Crippen molar-refractivity contribution in [3.63, 3.8) is 0 Å². The van der Waals surface area contributed by atoms with Gasteiger partial charge in [0, 0.05) is 12.4 Å². The Balaban J connectivity index is 2.31. The van der Waals surface area contributed by atoms with Gasteiger partial charge < -0.3 is 10.2 Å². The first kappa shape index (κ1) is 11.3. The minimum Gasteiger partial charge on any atom is -0.396 e. The summed E-state index contributed by atoms with van der Waals surface area (Å²) >= 11 is 4.32. The first-order valence-corrected chi connectivity index (χ1v) is 6.46. The quantitative estimate of drug-likeness (QED) is 0.439. The van der Waals surface area contributed by atoms with E-state index in [0.29, 0.717) is 0 Å². The molecule has 0 spiro atoms. The van der Waals surface area contributed by atoms with Crippen molar-refractivity contribution in [1.82, 2.24) is 10.2 Å². The number of thioether (sulfide) groups is 2. The molecule has 0 aliphatic carbocycles. The summed E-state index contributed by atoms with van der Waals surface area (Å²) in [5.41, 5.74) is 0. The van der Waals surface area contributed by atoms with E-state index in [4.69, 9.17) is 10.2 Å². The average molecular weight is 238 g/mol. The van der Waals surface area contributed by atoms with Crippen LogP contribution in [0.2, 0.25) is 0 Å². The summed E-state index contributed by atoms with van der Waals surface area (Å²) in [6.07, 6.45) is 0.771. The lowest BCUT2D eigenvalue weighted by molar-refractivity contribution is 0.296. The molecule has 0 unspecified atom stereocenters. The fraction of sp³-hybridized carbons (Fsp3) is 0.667. The third kappa shape index (κ3) is 4.28. The van der Waals surface area contributed by atoms with E-state index in [0.717, 1.165) is 20.9 Å². The monoisotopic (exact) mass is 238 g/mol. The standard InChI is InChI=1S/C6H10N2O2S3/c9-2-1-3-11-5-7-8-6(13-5)12-4-10/h9-10H,1-4H2. The Morgan fingerprint density at radius 1 is 1.15 bits per heavy atom. The summed E-state index contributed by atoms with van der Waals surface area (Å²) < 4.78 is 1.68. The molecule has 4 nitrogen and oxygen atoms in total. The Morgan fingerprint density at radius 3 is 2.46 bits per heavy atom. The van der Waals surface area contributed by atoms with Crippen LogP contribution in [0.25, 0.3) is 0 Å². The molecular weight excluding hydrogens is 228 g/mol. The zero-order valence-electron chi connectivity index (χ0n) is 6.84. The summed E-state index contributed by atoms with van der Waals surface area (Å²) in [7, 11) is 0. The number of hydrogen-bond donors (Lipinski definition) is 2. The van der Waals surface area contributed by atoms with Gasteiger partial charge >= 0.3 is 0 Å². The van der Waals surface area contributed by atoms with E-state index in [1.165, 1.54) is 23.1 Å². The van der Waals surface area contributed by atoms with Gasteiger partial charge in [0.05, 0.1) is 5.94 Å². The number of aromatic nitrogens is 2. The van der Waals surface area contributed by atoms with Crippen LogP contribution >= 0.6 is 34.9 Å². The molecule has 1 rings (SSSR count). The second kappa shape index (κ2) is 6.61. The molecule has 0 aliphatic heterocycles. The van der Waals surface area contributed by atoms with Gasteiger partial charge in [0.1, 0.15) is 0 Å². The molecule has 0 radical (unpaired) electrons. The van der Waals surface area contributed by atoms with Crippen LogP contribution in [0.1, 0.15) is 6.42 Å². The molecule has 1 heterocycles. The Morgan fingerprint density at radius 2 is 1.85 bits per heavy atom. The first-order chi connectivity index (χ1) is 6.36. The van der Waals surface area contributed by atoms with Gasteiger partial charge in [0.15, 0.2) is 8.68 Å². The zero-order valence-corrected chi connectivity index (χ0v) is 9.29. The van der Waals surface area contributed by atoms with E-state index in [-0.39, 0.29) is 12.5 Å². The van der Waals surface area contributed by atoms with Crippen LogP contribution in [0, 0.1) is 0 Å². The van der Waals surface area contributed by atoms with Crippen LogP contribution in [0.5, 0.6) is 0 Å². The Bertz CT molecular complexity index is 244. The van der Waals surface area contributed by atoms with Gasteiger partial charge in [0.2, 0.25) is 0 Å². The highest BCUT2D eigenvalue weighted by Gasteiger charge is 2.03. The van der Waals surface area contributed by atoms with Crippen LogP contribution in [0.3, 0.4) is 0 Å². The topological polar surface area (TPSA) is 66.2 Å². The molecule has 0 aromatic carbocycles. The molecule has 0 atom stereocenters. The normalized spacial score (nSPS) is 10.6. The minimum absolute atomic E-state index is 0.0376. The predicted octanol–water partition coefficient (Wildman–Crippen LogP) is 1.05. The van der Waals surface area contributed by atoms with Crippen LogP contribution in [0.4, 0.5) is 0 Å². The summed E-state index contributed by atoms with van der Waals surface area (Å²) in [5, 5.41) is 25.0. The number of aliphatic hydroxyl groups is 2. The first-order valence-electron chi connectivity index (χ1n) is 3.67. The second-order valence-corrected chi connectivity index (χ2v) is 5.54. The molecule has 0 aliphatic rings. The van der Waals surface area contributed by atoms with E-state index < -0.39 is 0 Å². The van der Waals surface area contributed by atoms with Gasteiger partial charge in [-0.1, -0.05) is 34.9 Å². The van der Waals surface area contributed by atoms with E-state index in [2.05, 4.69) is 10.2 Å². The van der Waals surface area contributed by atoms with Crippen molar-refractivity contribution in [2.45, 2.75) is 15.1 Å². The van der Waals surface area contributed by atoms with E-state index in [1.54, 1.807) is 11.8 Å². The van der Waals surface area contributed by atoms with Gasteiger partial charge in [-0.3, -0.25) is 0 Å². The smallest absolute Gasteiger partial charge is 0.177 e. The molecule has 0 amide bonds. The van der Waals surface area contributed by atoms with Crippen LogP contribution in [-0.2, 0) is 0 Å². The van der Waals surface area contributed by atoms with Crippen molar-refractivity contribution in [3.05, 3.63) is 0 Å². The van der Waals surface area contributed by atoms with Crippen molar-refractivity contribution in [3.8, 4) is 0 Å². The van der Waals surface area contributed by atoms with E-state index in [1.807, 2.05) is 0 Å². The molecule has 1 aromatic heterocycles. The van der Waals surface area contributed by atoms with Crippen molar-refractivity contribution in [2.75, 3.05) is 18.3 Å². The van der Waals surface area contributed by atoms with E-state index >= 15 is 0 Å². The molecule has 2 N–H and O–H groups in total. The van der Waals surface area contributed by atoms with Gasteiger partial charge in [-0.15, -0.1) is 10.2 Å². The highest BCUT2D eigenvalue weighted by atomic mass is 32.2. The fourth-order valence-electron chi connectivity index (χ4n) is 0.593. The highest BCUT2D eigenvalue weighted by Crippen LogP contribution is 2.28. The lowest BCUT2D eigenvalue weighted by Crippen LogP contribution is -1.84. The molecule has 0 bridgehead atoms. The molecule has 1 aromatic rings. The van der Waals surface area contributed by atoms with Crippen molar-refractivity contribution in [2.24, 2.45) is 0 Å². The highest BCUT2D eigenvalue weighted by molar-refractivity contribution is 8.03. The summed E-state index contributed by atoms with van der Waals surface area (Å²) in [5.74, 6) is 0.894. The summed E-state index contributed by atoms with van der Waals surface area (Å²) in [4.78, 5) is 0. The molecule has 0 saturated carbocycles. The van der Waals surface area contributed by atoms with Crippen molar-refractivity contribution in [1.29, 1.82) is 0 Å². The molecule has 7 heteroatoms. The van der Waals surface area contributed by atoms with Crippen LogP contribution < -0.4 is 0 Å². The number of rotatable bonds is 6. The van der Waals surface area contributed by atoms with Gasteiger partial charge in [-0.05, 0) is 6.42 Å². The maximum absolute atomic E-state index is 8.61. The number of hydrogen-bond acceptors (Lipinski definition) is 7. The summed E-state index contributed by atoms with van der Waals surface area (Å²) in [6, 6.07) is 0. The number of nitrogens with zero attached hydrogens (tertiary/aromatic N) is 2. The Hall–Kier alpha value is 0.180. The SMILES string of the molecule is OCCCSc1nnc(SCO)s1. The molecule has 0 fully saturated rings. The van der Waals surface area contributed by atoms with E-state index in [9.17, 15) is 0 Å². The van der Waals surface area contributed by atoms with Crippen LogP contribution in [0.15, 0.2) is 8.68 Å². The van der Waals surface area contributed by atoms with Crippen molar-refractivity contribution >= 4 is 34.9 Å². The fourth-order valence-corrected chi connectivity index (χ4v) is 3.17.